The maximum atomic E-state index is 10.2. The zero-order valence-corrected chi connectivity index (χ0v) is 9.41. The van der Waals surface area contributed by atoms with Gasteiger partial charge in [-0.25, -0.2) is 15.0 Å². The van der Waals surface area contributed by atoms with Crippen molar-refractivity contribution in [2.45, 2.75) is 19.6 Å². The zero-order valence-electron chi connectivity index (χ0n) is 9.41. The van der Waals surface area contributed by atoms with E-state index in [0.29, 0.717) is 23.5 Å². The number of carbonyl (C=O) groups excluding carboxylic acids is 1. The Kier molecular flexibility index (Phi) is 3.29. The Balaban J connectivity index is 2.19. The van der Waals surface area contributed by atoms with Crippen molar-refractivity contribution in [3.05, 3.63) is 12.7 Å². The van der Waals surface area contributed by atoms with E-state index in [9.17, 15) is 4.79 Å². The standard InChI is InChI=1S/C10H13N5O2/c1-7(17-3-2-16)4-15-6-14-8-9(11)12-5-13-10(8)15/h2,5-7H,3-4H2,1H3,(H2,11,12,13)/t7-/m1/s1. The molecule has 0 saturated carbocycles. The first kappa shape index (κ1) is 11.5. The van der Waals surface area contributed by atoms with Crippen LogP contribution in [0.25, 0.3) is 11.2 Å². The quantitative estimate of drug-likeness (QED) is 0.733. The van der Waals surface area contributed by atoms with Gasteiger partial charge in [0.2, 0.25) is 0 Å². The van der Waals surface area contributed by atoms with Gasteiger partial charge in [-0.1, -0.05) is 0 Å². The Labute approximate surface area is 97.6 Å². The van der Waals surface area contributed by atoms with E-state index in [1.54, 1.807) is 6.33 Å². The lowest BCUT2D eigenvalue weighted by Crippen LogP contribution is -2.17. The number of ether oxygens (including phenoxy) is 1. The fourth-order valence-corrected chi connectivity index (χ4v) is 1.57. The predicted octanol–water partition coefficient (Wildman–Crippen LogP) is 0.0125. The van der Waals surface area contributed by atoms with Crippen molar-refractivity contribution in [3.8, 4) is 0 Å². The number of nitrogens with two attached hydrogens (primary N) is 1. The third-order valence-electron chi connectivity index (χ3n) is 2.33. The van der Waals surface area contributed by atoms with Crippen LogP contribution in [0, 0.1) is 0 Å². The molecule has 0 amide bonds. The number of fused-ring (bicyclic) bond motifs is 1. The Hall–Kier alpha value is -2.02. The number of aldehydes is 1. The molecule has 90 valence electrons. The molecule has 7 heteroatoms. The van der Waals surface area contributed by atoms with Crippen molar-refractivity contribution in [2.75, 3.05) is 12.3 Å². The summed E-state index contributed by atoms with van der Waals surface area (Å²) in [5.41, 5.74) is 6.92. The smallest absolute Gasteiger partial charge is 0.165 e. The second-order valence-corrected chi connectivity index (χ2v) is 3.64. The van der Waals surface area contributed by atoms with Gasteiger partial charge in [-0.2, -0.15) is 0 Å². The van der Waals surface area contributed by atoms with Crippen molar-refractivity contribution in [2.24, 2.45) is 0 Å². The first-order chi connectivity index (χ1) is 8.22. The van der Waals surface area contributed by atoms with E-state index in [1.165, 1.54) is 6.33 Å². The molecule has 0 bridgehead atoms. The molecule has 2 N–H and O–H groups in total. The highest BCUT2D eigenvalue weighted by molar-refractivity contribution is 5.81. The summed E-state index contributed by atoms with van der Waals surface area (Å²) in [6.45, 7) is 2.52. The summed E-state index contributed by atoms with van der Waals surface area (Å²) in [5.74, 6) is 0.357. The molecule has 0 saturated heterocycles. The molecule has 0 aromatic carbocycles. The second-order valence-electron chi connectivity index (χ2n) is 3.64. The number of rotatable bonds is 5. The van der Waals surface area contributed by atoms with Crippen molar-refractivity contribution >= 4 is 23.3 Å². The van der Waals surface area contributed by atoms with E-state index >= 15 is 0 Å². The Bertz CT molecular complexity index is 524. The second kappa shape index (κ2) is 4.88. The topological polar surface area (TPSA) is 95.9 Å². The summed E-state index contributed by atoms with van der Waals surface area (Å²) < 4.78 is 7.07. The van der Waals surface area contributed by atoms with Gasteiger partial charge in [0.05, 0.1) is 19.0 Å². The average Bonchev–Trinajstić information content (AvgIpc) is 2.71. The highest BCUT2D eigenvalue weighted by Crippen LogP contribution is 2.14. The van der Waals surface area contributed by atoms with E-state index in [0.717, 1.165) is 6.29 Å². The van der Waals surface area contributed by atoms with Gasteiger partial charge in [0.25, 0.3) is 0 Å². The molecule has 2 rings (SSSR count). The molecule has 0 aliphatic carbocycles. The van der Waals surface area contributed by atoms with Crippen molar-refractivity contribution < 1.29 is 9.53 Å². The summed E-state index contributed by atoms with van der Waals surface area (Å²) in [6.07, 6.45) is 3.65. The molecular formula is C10H13N5O2. The Morgan fingerprint density at radius 2 is 2.35 bits per heavy atom. The maximum Gasteiger partial charge on any atom is 0.165 e. The van der Waals surface area contributed by atoms with Crippen LogP contribution in [0.2, 0.25) is 0 Å². The number of nitrogens with zero attached hydrogens (tertiary/aromatic N) is 4. The van der Waals surface area contributed by atoms with Crippen LogP contribution >= 0.6 is 0 Å². The minimum absolute atomic E-state index is 0.0882. The number of nitrogen functional groups attached to an aromatic ring is 1. The summed E-state index contributed by atoms with van der Waals surface area (Å²) in [4.78, 5) is 22.3. The number of hydrogen-bond acceptors (Lipinski definition) is 6. The summed E-state index contributed by atoms with van der Waals surface area (Å²) >= 11 is 0. The molecule has 2 aromatic rings. The lowest BCUT2D eigenvalue weighted by molar-refractivity contribution is -0.113. The average molecular weight is 235 g/mol. The number of hydrogen-bond donors (Lipinski definition) is 1. The van der Waals surface area contributed by atoms with E-state index in [2.05, 4.69) is 15.0 Å². The first-order valence-corrected chi connectivity index (χ1v) is 5.19. The minimum Gasteiger partial charge on any atom is -0.382 e. The fourth-order valence-electron chi connectivity index (χ4n) is 1.57. The summed E-state index contributed by atoms with van der Waals surface area (Å²) in [6, 6.07) is 0. The van der Waals surface area contributed by atoms with Crippen molar-refractivity contribution in [1.82, 2.24) is 19.5 Å². The van der Waals surface area contributed by atoms with Crippen LogP contribution in [0.4, 0.5) is 5.82 Å². The fraction of sp³-hybridized carbons (Fsp3) is 0.400. The van der Waals surface area contributed by atoms with E-state index in [-0.39, 0.29) is 12.7 Å². The highest BCUT2D eigenvalue weighted by atomic mass is 16.5. The van der Waals surface area contributed by atoms with Gasteiger partial charge in [-0.05, 0) is 6.92 Å². The van der Waals surface area contributed by atoms with Crippen LogP contribution in [-0.2, 0) is 16.1 Å². The van der Waals surface area contributed by atoms with E-state index in [4.69, 9.17) is 10.5 Å². The third-order valence-corrected chi connectivity index (χ3v) is 2.33. The largest absolute Gasteiger partial charge is 0.382 e. The van der Waals surface area contributed by atoms with E-state index in [1.807, 2.05) is 11.5 Å². The Morgan fingerprint density at radius 1 is 1.53 bits per heavy atom. The van der Waals surface area contributed by atoms with Crippen LogP contribution in [-0.4, -0.2) is 38.5 Å². The van der Waals surface area contributed by atoms with Crippen LogP contribution in [0.3, 0.4) is 0 Å². The normalized spacial score (nSPS) is 12.8. The summed E-state index contributed by atoms with van der Waals surface area (Å²) in [7, 11) is 0. The molecule has 7 nitrogen and oxygen atoms in total. The van der Waals surface area contributed by atoms with Gasteiger partial charge < -0.3 is 19.8 Å². The van der Waals surface area contributed by atoms with E-state index < -0.39 is 0 Å². The number of imidazole rings is 1. The molecule has 2 aromatic heterocycles. The molecule has 1 atom stereocenters. The molecule has 17 heavy (non-hydrogen) atoms. The molecule has 0 unspecified atom stereocenters. The van der Waals surface area contributed by atoms with Crippen molar-refractivity contribution in [1.29, 1.82) is 0 Å². The van der Waals surface area contributed by atoms with Crippen LogP contribution in [0.5, 0.6) is 0 Å². The van der Waals surface area contributed by atoms with Crippen molar-refractivity contribution in [3.63, 3.8) is 0 Å². The Morgan fingerprint density at radius 3 is 3.12 bits per heavy atom. The predicted molar refractivity (Wildman–Crippen MR) is 61.2 cm³/mol. The van der Waals surface area contributed by atoms with Gasteiger partial charge in [-0.15, -0.1) is 0 Å². The lowest BCUT2D eigenvalue weighted by atomic mass is 10.4. The number of carbonyl (C=O) groups is 1. The van der Waals surface area contributed by atoms with Gasteiger partial charge in [0.15, 0.2) is 11.5 Å². The SMILES string of the molecule is C[C@H](Cn1cnc2c(N)ncnc21)OCC=O. The minimum atomic E-state index is -0.103. The summed E-state index contributed by atoms with van der Waals surface area (Å²) in [5, 5.41) is 0. The molecule has 0 radical (unpaired) electrons. The number of anilines is 1. The first-order valence-electron chi connectivity index (χ1n) is 5.19. The third kappa shape index (κ3) is 2.39. The van der Waals surface area contributed by atoms with Crippen LogP contribution < -0.4 is 5.73 Å². The van der Waals surface area contributed by atoms with Crippen LogP contribution in [0.1, 0.15) is 6.92 Å². The molecule has 0 aliphatic heterocycles. The molecule has 0 spiro atoms. The van der Waals surface area contributed by atoms with Crippen LogP contribution in [0.15, 0.2) is 12.7 Å². The van der Waals surface area contributed by atoms with Gasteiger partial charge in [0.1, 0.15) is 24.7 Å². The maximum absolute atomic E-state index is 10.2. The molecular weight excluding hydrogens is 222 g/mol. The van der Waals surface area contributed by atoms with Gasteiger partial charge in [-0.3, -0.25) is 0 Å². The lowest BCUT2D eigenvalue weighted by Gasteiger charge is -2.11. The van der Waals surface area contributed by atoms with Gasteiger partial charge in [0, 0.05) is 0 Å². The monoisotopic (exact) mass is 235 g/mol. The zero-order chi connectivity index (χ0) is 12.3. The highest BCUT2D eigenvalue weighted by Gasteiger charge is 2.10. The number of aromatic nitrogens is 4. The molecule has 0 fully saturated rings. The molecule has 0 aliphatic rings. The van der Waals surface area contributed by atoms with Gasteiger partial charge >= 0.3 is 0 Å². The molecule has 2 heterocycles.